The van der Waals surface area contributed by atoms with E-state index in [4.69, 9.17) is 0 Å². The first-order chi connectivity index (χ1) is 13.0. The number of H-pyrrole nitrogens is 1. The number of amides is 1. The largest absolute Gasteiger partial charge is 0.503 e. The third kappa shape index (κ3) is 2.68. The summed E-state index contributed by atoms with van der Waals surface area (Å²) in [5, 5.41) is 10.4. The average molecular weight is 365 g/mol. The highest BCUT2D eigenvalue weighted by Gasteiger charge is 2.45. The molecule has 6 nitrogen and oxygen atoms in total. The molecule has 0 saturated carbocycles. The standard InChI is InChI=1S/C20H16FN3O3/c1-2-15(25)16-17(11-7-9-12(21)10-8-11)24(19(27)18(16)26)20-22-13-5-3-4-6-14(13)23-20/h3-10,17,26H,2H2,1H3,(H,22,23). The fraction of sp³-hybridized carbons (Fsp3) is 0.150. The van der Waals surface area contributed by atoms with Gasteiger partial charge < -0.3 is 10.1 Å². The Morgan fingerprint density at radius 1 is 1.22 bits per heavy atom. The number of aliphatic hydroxyl groups excluding tert-OH is 1. The van der Waals surface area contributed by atoms with Crippen LogP contribution in [0.2, 0.25) is 0 Å². The number of imidazole rings is 1. The highest BCUT2D eigenvalue weighted by atomic mass is 19.1. The maximum atomic E-state index is 13.4. The predicted molar refractivity (Wildman–Crippen MR) is 97.7 cm³/mol. The predicted octanol–water partition coefficient (Wildman–Crippen LogP) is 3.58. The van der Waals surface area contributed by atoms with E-state index >= 15 is 0 Å². The molecule has 7 heteroatoms. The first-order valence-corrected chi connectivity index (χ1v) is 8.51. The van der Waals surface area contributed by atoms with Gasteiger partial charge in [0.05, 0.1) is 22.6 Å². The zero-order chi connectivity index (χ0) is 19.1. The van der Waals surface area contributed by atoms with E-state index in [2.05, 4.69) is 9.97 Å². The van der Waals surface area contributed by atoms with Crippen molar-refractivity contribution in [2.75, 3.05) is 4.90 Å². The molecule has 0 aliphatic carbocycles. The van der Waals surface area contributed by atoms with Gasteiger partial charge in [-0.25, -0.2) is 9.37 Å². The lowest BCUT2D eigenvalue weighted by molar-refractivity contribution is -0.118. The molecule has 4 rings (SSSR count). The van der Waals surface area contributed by atoms with Crippen LogP contribution < -0.4 is 4.90 Å². The van der Waals surface area contributed by atoms with Crippen LogP contribution in [-0.4, -0.2) is 26.8 Å². The molecular weight excluding hydrogens is 349 g/mol. The second-order valence-electron chi connectivity index (χ2n) is 6.25. The minimum Gasteiger partial charge on any atom is -0.503 e. The molecule has 136 valence electrons. The lowest BCUT2D eigenvalue weighted by Crippen LogP contribution is -2.31. The average Bonchev–Trinajstić information content (AvgIpc) is 3.21. The molecule has 1 aromatic heterocycles. The number of anilines is 1. The molecule has 0 spiro atoms. The van der Waals surface area contributed by atoms with Crippen molar-refractivity contribution in [3.05, 3.63) is 71.2 Å². The van der Waals surface area contributed by atoms with Crippen LogP contribution in [0.5, 0.6) is 0 Å². The summed E-state index contributed by atoms with van der Waals surface area (Å²) in [4.78, 5) is 34.0. The minimum atomic E-state index is -0.883. The van der Waals surface area contributed by atoms with Gasteiger partial charge in [0.1, 0.15) is 5.82 Å². The minimum absolute atomic E-state index is 0.00503. The van der Waals surface area contributed by atoms with Crippen molar-refractivity contribution in [3.8, 4) is 0 Å². The van der Waals surface area contributed by atoms with E-state index < -0.39 is 23.5 Å². The highest BCUT2D eigenvalue weighted by molar-refractivity contribution is 6.16. The summed E-state index contributed by atoms with van der Waals surface area (Å²) in [5.74, 6) is -1.90. The zero-order valence-electron chi connectivity index (χ0n) is 14.4. The van der Waals surface area contributed by atoms with Gasteiger partial charge in [-0.2, -0.15) is 0 Å². The van der Waals surface area contributed by atoms with E-state index in [0.717, 1.165) is 0 Å². The summed E-state index contributed by atoms with van der Waals surface area (Å²) in [5.41, 5.74) is 1.86. The summed E-state index contributed by atoms with van der Waals surface area (Å²) in [6.07, 6.45) is 0.123. The Labute approximate surface area is 154 Å². The van der Waals surface area contributed by atoms with E-state index in [9.17, 15) is 19.1 Å². The summed E-state index contributed by atoms with van der Waals surface area (Å²) >= 11 is 0. The maximum Gasteiger partial charge on any atom is 0.296 e. The molecule has 0 fully saturated rings. The topological polar surface area (TPSA) is 86.3 Å². The second-order valence-corrected chi connectivity index (χ2v) is 6.25. The normalized spacial score (nSPS) is 17.2. The van der Waals surface area contributed by atoms with Gasteiger partial charge in [-0.15, -0.1) is 0 Å². The molecule has 1 amide bonds. The number of carbonyl (C=O) groups is 2. The molecule has 0 bridgehead atoms. The molecular formula is C20H16FN3O3. The van der Waals surface area contributed by atoms with Crippen LogP contribution in [0.3, 0.4) is 0 Å². The Balaban J connectivity index is 1.89. The van der Waals surface area contributed by atoms with Crippen LogP contribution >= 0.6 is 0 Å². The van der Waals surface area contributed by atoms with Crippen LogP contribution in [0, 0.1) is 5.82 Å². The Hall–Kier alpha value is -3.48. The number of para-hydroxylation sites is 2. The maximum absolute atomic E-state index is 13.4. The number of halogens is 1. The van der Waals surface area contributed by atoms with Gasteiger partial charge in [-0.3, -0.25) is 14.5 Å². The molecule has 1 atom stereocenters. The zero-order valence-corrected chi connectivity index (χ0v) is 14.4. The smallest absolute Gasteiger partial charge is 0.296 e. The number of aromatic nitrogens is 2. The summed E-state index contributed by atoms with van der Waals surface area (Å²) < 4.78 is 13.4. The lowest BCUT2D eigenvalue weighted by atomic mass is 9.95. The van der Waals surface area contributed by atoms with Crippen molar-refractivity contribution < 1.29 is 19.1 Å². The van der Waals surface area contributed by atoms with Crippen molar-refractivity contribution in [1.29, 1.82) is 0 Å². The van der Waals surface area contributed by atoms with Gasteiger partial charge in [0.15, 0.2) is 11.5 Å². The van der Waals surface area contributed by atoms with Crippen LogP contribution in [0.15, 0.2) is 59.9 Å². The van der Waals surface area contributed by atoms with Crippen molar-refractivity contribution >= 4 is 28.7 Å². The number of nitrogens with zero attached hydrogens (tertiary/aromatic N) is 2. The fourth-order valence-electron chi connectivity index (χ4n) is 3.31. The summed E-state index contributed by atoms with van der Waals surface area (Å²) in [7, 11) is 0. The number of ketones is 1. The Kier molecular flexibility index (Phi) is 3.99. The van der Waals surface area contributed by atoms with Crippen molar-refractivity contribution in [3.63, 3.8) is 0 Å². The molecule has 3 aromatic rings. The molecule has 2 heterocycles. The van der Waals surface area contributed by atoms with Crippen LogP contribution in [0.25, 0.3) is 11.0 Å². The Morgan fingerprint density at radius 2 is 1.93 bits per heavy atom. The van der Waals surface area contributed by atoms with E-state index in [-0.39, 0.29) is 23.7 Å². The van der Waals surface area contributed by atoms with Crippen LogP contribution in [0.4, 0.5) is 10.3 Å². The van der Waals surface area contributed by atoms with E-state index in [1.807, 2.05) is 18.2 Å². The number of nitrogens with one attached hydrogen (secondary N) is 1. The first-order valence-electron chi connectivity index (χ1n) is 8.51. The number of aromatic amines is 1. The second kappa shape index (κ2) is 6.35. The van der Waals surface area contributed by atoms with Gasteiger partial charge >= 0.3 is 0 Å². The Bertz CT molecular complexity index is 1050. The fourth-order valence-corrected chi connectivity index (χ4v) is 3.31. The molecule has 1 aliphatic rings. The molecule has 2 aromatic carbocycles. The molecule has 1 aliphatic heterocycles. The van der Waals surface area contributed by atoms with E-state index in [1.54, 1.807) is 13.0 Å². The number of Topliss-reactive ketones (excluding diaryl/α,β-unsaturated/α-hetero) is 1. The molecule has 1 unspecified atom stereocenters. The third-order valence-electron chi connectivity index (χ3n) is 4.62. The first kappa shape index (κ1) is 17.0. The highest BCUT2D eigenvalue weighted by Crippen LogP contribution is 2.40. The van der Waals surface area contributed by atoms with Crippen LogP contribution in [0.1, 0.15) is 24.9 Å². The van der Waals surface area contributed by atoms with Gasteiger partial charge in [-0.05, 0) is 29.8 Å². The number of benzene rings is 2. The number of aliphatic hydroxyl groups is 1. The summed E-state index contributed by atoms with van der Waals surface area (Å²) in [6.45, 7) is 1.65. The SMILES string of the molecule is CCC(=O)C1=C(O)C(=O)N(c2nc3ccccc3[nH]2)C1c1ccc(F)cc1. The van der Waals surface area contributed by atoms with E-state index in [1.165, 1.54) is 29.2 Å². The third-order valence-corrected chi connectivity index (χ3v) is 4.62. The molecule has 27 heavy (non-hydrogen) atoms. The molecule has 0 saturated heterocycles. The van der Waals surface area contributed by atoms with Gasteiger partial charge in [0.25, 0.3) is 5.91 Å². The summed E-state index contributed by atoms with van der Waals surface area (Å²) in [6, 6.07) is 11.8. The van der Waals surface area contributed by atoms with Gasteiger partial charge in [0, 0.05) is 6.42 Å². The van der Waals surface area contributed by atoms with Crippen LogP contribution in [-0.2, 0) is 9.59 Å². The molecule has 0 radical (unpaired) electrons. The quantitative estimate of drug-likeness (QED) is 0.740. The van der Waals surface area contributed by atoms with Crippen molar-refractivity contribution in [2.24, 2.45) is 0 Å². The van der Waals surface area contributed by atoms with Crippen molar-refractivity contribution in [2.45, 2.75) is 19.4 Å². The number of hydrogen-bond donors (Lipinski definition) is 2. The number of rotatable bonds is 4. The monoisotopic (exact) mass is 365 g/mol. The van der Waals surface area contributed by atoms with Gasteiger partial charge in [-0.1, -0.05) is 31.2 Å². The Morgan fingerprint density at radius 3 is 2.59 bits per heavy atom. The van der Waals surface area contributed by atoms with Crippen molar-refractivity contribution in [1.82, 2.24) is 9.97 Å². The van der Waals surface area contributed by atoms with E-state index in [0.29, 0.717) is 16.6 Å². The number of carbonyl (C=O) groups excluding carboxylic acids is 2. The number of hydrogen-bond acceptors (Lipinski definition) is 4. The lowest BCUT2D eigenvalue weighted by Gasteiger charge is -2.24. The molecule has 2 N–H and O–H groups in total. The number of fused-ring (bicyclic) bond motifs is 1. The van der Waals surface area contributed by atoms with Gasteiger partial charge in [0.2, 0.25) is 5.95 Å².